The Labute approximate surface area is 183 Å². The molecular formula is C23H22BrN5O. The number of rotatable bonds is 6. The molecule has 0 bridgehead atoms. The molecule has 7 heteroatoms. The second-order valence-corrected chi connectivity index (χ2v) is 7.94. The van der Waals surface area contributed by atoms with Gasteiger partial charge in [-0.3, -0.25) is 9.48 Å². The second kappa shape index (κ2) is 8.67. The molecule has 0 aliphatic carbocycles. The van der Waals surface area contributed by atoms with Crippen LogP contribution in [0.2, 0.25) is 0 Å². The highest BCUT2D eigenvalue weighted by Gasteiger charge is 2.19. The summed E-state index contributed by atoms with van der Waals surface area (Å²) >= 11 is 3.44. The summed E-state index contributed by atoms with van der Waals surface area (Å²) in [5, 5.41) is 12.2. The van der Waals surface area contributed by atoms with Gasteiger partial charge in [-0.1, -0.05) is 48.5 Å². The lowest BCUT2D eigenvalue weighted by molar-refractivity contribution is -0.124. The van der Waals surface area contributed by atoms with Gasteiger partial charge in [0.1, 0.15) is 6.04 Å². The highest BCUT2D eigenvalue weighted by Crippen LogP contribution is 2.24. The number of carbonyl (C=O) groups is 1. The molecule has 4 aromatic rings. The van der Waals surface area contributed by atoms with Gasteiger partial charge in [0.2, 0.25) is 5.91 Å². The van der Waals surface area contributed by atoms with Crippen LogP contribution in [0.1, 0.15) is 24.2 Å². The maximum atomic E-state index is 12.7. The largest absolute Gasteiger partial charge is 0.350 e. The molecular weight excluding hydrogens is 442 g/mol. The zero-order chi connectivity index (χ0) is 21.1. The van der Waals surface area contributed by atoms with Crippen molar-refractivity contribution in [3.8, 4) is 16.9 Å². The lowest BCUT2D eigenvalue weighted by atomic mass is 10.1. The van der Waals surface area contributed by atoms with Gasteiger partial charge in [0.15, 0.2) is 0 Å². The number of carbonyl (C=O) groups excluding carboxylic acids is 1. The van der Waals surface area contributed by atoms with Crippen LogP contribution in [0.4, 0.5) is 0 Å². The maximum absolute atomic E-state index is 12.7. The van der Waals surface area contributed by atoms with E-state index in [1.165, 1.54) is 0 Å². The first-order chi connectivity index (χ1) is 14.5. The second-order valence-electron chi connectivity index (χ2n) is 7.09. The fraction of sp³-hybridized carbons (Fsp3) is 0.174. The highest BCUT2D eigenvalue weighted by molar-refractivity contribution is 9.10. The summed E-state index contributed by atoms with van der Waals surface area (Å²) in [6.45, 7) is 4.11. The third-order valence-corrected chi connectivity index (χ3v) is 5.72. The molecule has 1 unspecified atom stereocenters. The minimum absolute atomic E-state index is 0.100. The number of hydrogen-bond acceptors (Lipinski definition) is 3. The van der Waals surface area contributed by atoms with Gasteiger partial charge in [-0.2, -0.15) is 10.2 Å². The summed E-state index contributed by atoms with van der Waals surface area (Å²) in [5.74, 6) is -0.100. The number of amides is 1. The van der Waals surface area contributed by atoms with Crippen molar-refractivity contribution in [3.05, 3.63) is 88.8 Å². The van der Waals surface area contributed by atoms with Crippen molar-refractivity contribution in [1.29, 1.82) is 0 Å². The predicted molar refractivity (Wildman–Crippen MR) is 120 cm³/mol. The van der Waals surface area contributed by atoms with Gasteiger partial charge < -0.3 is 5.32 Å². The number of nitrogens with zero attached hydrogens (tertiary/aromatic N) is 4. The van der Waals surface area contributed by atoms with Crippen LogP contribution in [-0.4, -0.2) is 25.5 Å². The van der Waals surface area contributed by atoms with E-state index in [1.807, 2.05) is 91.6 Å². The van der Waals surface area contributed by atoms with E-state index in [1.54, 1.807) is 4.68 Å². The molecule has 2 heterocycles. The van der Waals surface area contributed by atoms with Crippen LogP contribution >= 0.6 is 15.9 Å². The molecule has 2 aromatic carbocycles. The van der Waals surface area contributed by atoms with Gasteiger partial charge in [-0.15, -0.1) is 0 Å². The minimum atomic E-state index is -0.417. The smallest absolute Gasteiger partial charge is 0.244 e. The lowest BCUT2D eigenvalue weighted by Crippen LogP contribution is -2.31. The molecule has 0 fully saturated rings. The molecule has 0 saturated carbocycles. The van der Waals surface area contributed by atoms with Gasteiger partial charge in [0, 0.05) is 30.1 Å². The highest BCUT2D eigenvalue weighted by atomic mass is 79.9. The number of nitrogens with one attached hydrogen (secondary N) is 1. The lowest BCUT2D eigenvalue weighted by Gasteiger charge is -2.12. The molecule has 0 spiro atoms. The molecule has 1 atom stereocenters. The molecule has 152 valence electrons. The van der Waals surface area contributed by atoms with Crippen molar-refractivity contribution in [2.24, 2.45) is 0 Å². The molecule has 1 amide bonds. The van der Waals surface area contributed by atoms with Crippen LogP contribution in [0.5, 0.6) is 0 Å². The Morgan fingerprint density at radius 2 is 1.70 bits per heavy atom. The van der Waals surface area contributed by atoms with Crippen LogP contribution in [-0.2, 0) is 11.3 Å². The number of benzene rings is 2. The Hall–Kier alpha value is -3.19. The van der Waals surface area contributed by atoms with Gasteiger partial charge >= 0.3 is 0 Å². The molecule has 6 nitrogen and oxygen atoms in total. The summed E-state index contributed by atoms with van der Waals surface area (Å²) in [6, 6.07) is 19.5. The molecule has 0 saturated heterocycles. The van der Waals surface area contributed by atoms with Crippen molar-refractivity contribution < 1.29 is 4.79 Å². The maximum Gasteiger partial charge on any atom is 0.244 e. The van der Waals surface area contributed by atoms with E-state index in [9.17, 15) is 4.79 Å². The summed E-state index contributed by atoms with van der Waals surface area (Å²) in [6.07, 6.45) is 3.79. The van der Waals surface area contributed by atoms with E-state index in [0.717, 1.165) is 32.7 Å². The van der Waals surface area contributed by atoms with Gasteiger partial charge in [0.05, 0.1) is 21.5 Å². The Balaban J connectivity index is 1.58. The van der Waals surface area contributed by atoms with Crippen molar-refractivity contribution in [1.82, 2.24) is 24.9 Å². The third-order valence-electron chi connectivity index (χ3n) is 4.94. The molecule has 30 heavy (non-hydrogen) atoms. The average Bonchev–Trinajstić information content (AvgIpc) is 3.36. The third kappa shape index (κ3) is 4.21. The molecule has 1 N–H and O–H groups in total. The molecule has 4 rings (SSSR count). The van der Waals surface area contributed by atoms with Crippen molar-refractivity contribution in [2.45, 2.75) is 26.4 Å². The van der Waals surface area contributed by atoms with Crippen molar-refractivity contribution in [2.75, 3.05) is 0 Å². The summed E-state index contributed by atoms with van der Waals surface area (Å²) in [4.78, 5) is 12.7. The fourth-order valence-electron chi connectivity index (χ4n) is 3.20. The van der Waals surface area contributed by atoms with E-state index < -0.39 is 6.04 Å². The van der Waals surface area contributed by atoms with E-state index in [-0.39, 0.29) is 5.91 Å². The predicted octanol–water partition coefficient (Wildman–Crippen LogP) is 4.68. The normalized spacial score (nSPS) is 12.0. The first-order valence-electron chi connectivity index (χ1n) is 9.71. The monoisotopic (exact) mass is 463 g/mol. The number of aryl methyl sites for hydroxylation is 1. The van der Waals surface area contributed by atoms with Crippen LogP contribution in [0.25, 0.3) is 16.9 Å². The van der Waals surface area contributed by atoms with Gasteiger partial charge in [0.25, 0.3) is 0 Å². The molecule has 0 aliphatic rings. The van der Waals surface area contributed by atoms with E-state index in [2.05, 4.69) is 26.3 Å². The standard InChI is InChI=1S/C23H22BrN5O/c1-16-21(24)15-28(26-16)17(2)23(30)25-13-19-14-29(20-11-7-4-8-12-20)27-22(19)18-9-5-3-6-10-18/h3-12,14-15,17H,13H2,1-2H3,(H,25,30). The van der Waals surface area contributed by atoms with Gasteiger partial charge in [-0.25, -0.2) is 4.68 Å². The molecule has 0 radical (unpaired) electrons. The van der Waals surface area contributed by atoms with E-state index in [0.29, 0.717) is 6.54 Å². The Morgan fingerprint density at radius 3 is 2.33 bits per heavy atom. The minimum Gasteiger partial charge on any atom is -0.350 e. The van der Waals surface area contributed by atoms with Crippen molar-refractivity contribution in [3.63, 3.8) is 0 Å². The molecule has 0 aliphatic heterocycles. The number of para-hydroxylation sites is 1. The van der Waals surface area contributed by atoms with Crippen LogP contribution < -0.4 is 5.32 Å². The number of aromatic nitrogens is 4. The summed E-state index contributed by atoms with van der Waals surface area (Å²) < 4.78 is 4.40. The van der Waals surface area contributed by atoms with Gasteiger partial charge in [-0.05, 0) is 41.9 Å². The molecule has 2 aromatic heterocycles. The van der Waals surface area contributed by atoms with E-state index >= 15 is 0 Å². The fourth-order valence-corrected chi connectivity index (χ4v) is 3.49. The number of hydrogen-bond donors (Lipinski definition) is 1. The van der Waals surface area contributed by atoms with Crippen molar-refractivity contribution >= 4 is 21.8 Å². The Morgan fingerprint density at radius 1 is 1.03 bits per heavy atom. The first-order valence-corrected chi connectivity index (χ1v) is 10.5. The SMILES string of the molecule is Cc1nn(C(C)C(=O)NCc2cn(-c3ccccc3)nc2-c2ccccc2)cc1Br. The Bertz CT molecular complexity index is 1130. The topological polar surface area (TPSA) is 64.7 Å². The summed E-state index contributed by atoms with van der Waals surface area (Å²) in [5.41, 5.74) is 4.63. The zero-order valence-corrected chi connectivity index (χ0v) is 18.4. The first kappa shape index (κ1) is 20.1. The number of halogens is 1. The van der Waals surface area contributed by atoms with Crippen LogP contribution in [0.15, 0.2) is 77.5 Å². The Kier molecular flexibility index (Phi) is 5.81. The quantitative estimate of drug-likeness (QED) is 0.451. The van der Waals surface area contributed by atoms with E-state index in [4.69, 9.17) is 5.10 Å². The average molecular weight is 464 g/mol. The zero-order valence-electron chi connectivity index (χ0n) is 16.8. The van der Waals surface area contributed by atoms with Crippen LogP contribution in [0.3, 0.4) is 0 Å². The van der Waals surface area contributed by atoms with Crippen LogP contribution in [0, 0.1) is 6.92 Å². The summed E-state index contributed by atoms with van der Waals surface area (Å²) in [7, 11) is 0.